The Balaban J connectivity index is 1.64. The van der Waals surface area contributed by atoms with Crippen LogP contribution in [0.3, 0.4) is 0 Å². The van der Waals surface area contributed by atoms with Crippen LogP contribution in [-0.2, 0) is 28.7 Å². The molecule has 0 fully saturated rings. The lowest BCUT2D eigenvalue weighted by Crippen LogP contribution is -2.21. The van der Waals surface area contributed by atoms with Crippen LogP contribution in [0.15, 0.2) is 48.5 Å². The van der Waals surface area contributed by atoms with Crippen molar-refractivity contribution in [2.24, 2.45) is 0 Å². The molecule has 0 aromatic heterocycles. The maximum atomic E-state index is 12.0. The molecule has 0 radical (unpaired) electrons. The molecule has 0 unspecified atom stereocenters. The summed E-state index contributed by atoms with van der Waals surface area (Å²) in [6, 6.07) is 12.7. The van der Waals surface area contributed by atoms with Crippen molar-refractivity contribution in [3.8, 4) is 0 Å². The van der Waals surface area contributed by atoms with Gasteiger partial charge in [0.2, 0.25) is 11.8 Å². The van der Waals surface area contributed by atoms with E-state index in [1.807, 2.05) is 0 Å². The summed E-state index contributed by atoms with van der Waals surface area (Å²) in [5.74, 6) is -2.04. The molecule has 10 nitrogen and oxygen atoms in total. The fourth-order valence-corrected chi connectivity index (χ4v) is 2.78. The Kier molecular flexibility index (Phi) is 10.2. The van der Waals surface area contributed by atoms with Crippen LogP contribution < -0.4 is 16.0 Å². The minimum atomic E-state index is -0.595. The van der Waals surface area contributed by atoms with E-state index in [1.165, 1.54) is 6.92 Å². The summed E-state index contributed by atoms with van der Waals surface area (Å²) in [6.07, 6.45) is 0.313. The van der Waals surface area contributed by atoms with Gasteiger partial charge in [-0.15, -0.1) is 0 Å². The predicted octanol–water partition coefficient (Wildman–Crippen LogP) is 3.11. The number of amides is 3. The summed E-state index contributed by atoms with van der Waals surface area (Å²) in [5.41, 5.74) is 1.98. The number of carbonyl (C=O) groups is 5. The highest BCUT2D eigenvalue weighted by Gasteiger charge is 2.11. The van der Waals surface area contributed by atoms with Gasteiger partial charge in [0.15, 0.2) is 6.61 Å². The summed E-state index contributed by atoms with van der Waals surface area (Å²) in [4.78, 5) is 58.4. The van der Waals surface area contributed by atoms with E-state index in [0.717, 1.165) is 0 Å². The van der Waals surface area contributed by atoms with Gasteiger partial charge >= 0.3 is 11.9 Å². The summed E-state index contributed by atoms with van der Waals surface area (Å²) >= 11 is 0. The number of carbonyl (C=O) groups excluding carboxylic acids is 5. The Labute approximate surface area is 197 Å². The summed E-state index contributed by atoms with van der Waals surface area (Å²) in [6.45, 7) is 2.93. The molecule has 0 aliphatic heterocycles. The average Bonchev–Trinajstić information content (AvgIpc) is 2.79. The zero-order valence-corrected chi connectivity index (χ0v) is 19.0. The predicted molar refractivity (Wildman–Crippen MR) is 125 cm³/mol. The maximum absolute atomic E-state index is 12.0. The molecule has 2 rings (SSSR count). The molecule has 0 atom stereocenters. The number of ether oxygens (including phenoxy) is 2. The van der Waals surface area contributed by atoms with Gasteiger partial charge in [0.1, 0.15) is 0 Å². The number of esters is 2. The number of nitrogens with one attached hydrogen (secondary N) is 3. The zero-order valence-electron chi connectivity index (χ0n) is 19.0. The minimum absolute atomic E-state index is 0.0199. The first kappa shape index (κ1) is 26.0. The van der Waals surface area contributed by atoms with Crippen molar-refractivity contribution in [2.75, 3.05) is 29.2 Å². The molecule has 0 spiro atoms. The summed E-state index contributed by atoms with van der Waals surface area (Å²) in [5, 5.41) is 7.86. The van der Waals surface area contributed by atoms with Gasteiger partial charge in [0, 0.05) is 36.8 Å². The highest BCUT2D eigenvalue weighted by molar-refractivity contribution is 5.94. The highest BCUT2D eigenvalue weighted by Crippen LogP contribution is 2.14. The normalized spacial score (nSPS) is 10.1. The van der Waals surface area contributed by atoms with Crippen LogP contribution >= 0.6 is 0 Å². The third-order valence-corrected chi connectivity index (χ3v) is 4.32. The largest absolute Gasteiger partial charge is 0.462 e. The number of benzene rings is 2. The van der Waals surface area contributed by atoms with Crippen LogP contribution in [0.2, 0.25) is 0 Å². The minimum Gasteiger partial charge on any atom is -0.462 e. The van der Waals surface area contributed by atoms with E-state index in [4.69, 9.17) is 9.47 Å². The molecule has 2 aromatic carbocycles. The fraction of sp³-hybridized carbons (Fsp3) is 0.292. The van der Waals surface area contributed by atoms with E-state index in [1.54, 1.807) is 55.5 Å². The number of hydrogen-bond donors (Lipinski definition) is 3. The van der Waals surface area contributed by atoms with Crippen molar-refractivity contribution in [3.63, 3.8) is 0 Å². The van der Waals surface area contributed by atoms with Gasteiger partial charge in [0.05, 0.1) is 12.2 Å². The van der Waals surface area contributed by atoms with Gasteiger partial charge in [-0.1, -0.05) is 0 Å². The van der Waals surface area contributed by atoms with Crippen molar-refractivity contribution in [3.05, 3.63) is 54.1 Å². The van der Waals surface area contributed by atoms with E-state index >= 15 is 0 Å². The number of rotatable bonds is 11. The van der Waals surface area contributed by atoms with E-state index in [9.17, 15) is 24.0 Å². The lowest BCUT2D eigenvalue weighted by atomic mass is 10.2. The van der Waals surface area contributed by atoms with Crippen LogP contribution in [0.1, 0.15) is 43.5 Å². The third-order valence-electron chi connectivity index (χ3n) is 4.32. The van der Waals surface area contributed by atoms with Gasteiger partial charge in [-0.05, 0) is 61.9 Å². The van der Waals surface area contributed by atoms with Gasteiger partial charge in [-0.25, -0.2) is 4.79 Å². The Morgan fingerprint density at radius 1 is 0.706 bits per heavy atom. The number of hydrogen-bond acceptors (Lipinski definition) is 7. The molecule has 180 valence electrons. The molecule has 10 heteroatoms. The molecule has 0 aliphatic carbocycles. The second kappa shape index (κ2) is 13.4. The third kappa shape index (κ3) is 9.51. The molecule has 3 N–H and O–H groups in total. The highest BCUT2D eigenvalue weighted by atomic mass is 16.5. The summed E-state index contributed by atoms with van der Waals surface area (Å²) in [7, 11) is 0. The van der Waals surface area contributed by atoms with Crippen LogP contribution in [0.4, 0.5) is 17.1 Å². The number of anilines is 3. The van der Waals surface area contributed by atoms with Gasteiger partial charge in [0.25, 0.3) is 5.91 Å². The fourth-order valence-electron chi connectivity index (χ4n) is 2.78. The molecule has 3 amide bonds. The van der Waals surface area contributed by atoms with Crippen molar-refractivity contribution in [1.29, 1.82) is 0 Å². The molecular weight excluding hydrogens is 442 g/mol. The van der Waals surface area contributed by atoms with Crippen molar-refractivity contribution >= 4 is 46.7 Å². The monoisotopic (exact) mass is 469 g/mol. The Morgan fingerprint density at radius 2 is 1.24 bits per heavy atom. The average molecular weight is 469 g/mol. The Bertz CT molecular complexity index is 1020. The molecule has 0 aliphatic rings. The van der Waals surface area contributed by atoms with Crippen LogP contribution in [0.5, 0.6) is 0 Å². The van der Waals surface area contributed by atoms with E-state index in [-0.39, 0.29) is 37.7 Å². The van der Waals surface area contributed by atoms with Gasteiger partial charge in [-0.2, -0.15) is 0 Å². The van der Waals surface area contributed by atoms with Crippen molar-refractivity contribution < 1.29 is 33.4 Å². The second-order valence-corrected chi connectivity index (χ2v) is 7.17. The van der Waals surface area contributed by atoms with Crippen molar-refractivity contribution in [1.82, 2.24) is 0 Å². The smallest absolute Gasteiger partial charge is 0.338 e. The van der Waals surface area contributed by atoms with Crippen LogP contribution in [-0.4, -0.2) is 42.9 Å². The molecule has 0 heterocycles. The molecule has 2 aromatic rings. The Hall–Kier alpha value is -4.21. The van der Waals surface area contributed by atoms with Crippen LogP contribution in [0, 0.1) is 0 Å². The SMILES string of the molecule is CCOC(=O)c1ccc(NC(=O)CCCC(=O)OCC(=O)Nc2ccc(NC(C)=O)cc2)cc1. The first-order chi connectivity index (χ1) is 16.3. The summed E-state index contributed by atoms with van der Waals surface area (Å²) < 4.78 is 9.82. The molecule has 0 saturated carbocycles. The van der Waals surface area contributed by atoms with E-state index < -0.39 is 24.5 Å². The molecule has 0 saturated heterocycles. The van der Waals surface area contributed by atoms with Gasteiger partial charge < -0.3 is 25.4 Å². The second-order valence-electron chi connectivity index (χ2n) is 7.17. The Morgan fingerprint density at radius 3 is 1.79 bits per heavy atom. The van der Waals surface area contributed by atoms with Crippen molar-refractivity contribution in [2.45, 2.75) is 33.1 Å². The van der Waals surface area contributed by atoms with E-state index in [0.29, 0.717) is 22.6 Å². The first-order valence-corrected chi connectivity index (χ1v) is 10.7. The lowest BCUT2D eigenvalue weighted by Gasteiger charge is -2.08. The topological polar surface area (TPSA) is 140 Å². The van der Waals surface area contributed by atoms with Crippen LogP contribution in [0.25, 0.3) is 0 Å². The molecule has 34 heavy (non-hydrogen) atoms. The quantitative estimate of drug-likeness (QED) is 0.430. The lowest BCUT2D eigenvalue weighted by molar-refractivity contribution is -0.147. The maximum Gasteiger partial charge on any atom is 0.338 e. The van der Waals surface area contributed by atoms with E-state index in [2.05, 4.69) is 16.0 Å². The molecular formula is C24H27N3O7. The first-order valence-electron chi connectivity index (χ1n) is 10.7. The molecule has 0 bridgehead atoms. The van der Waals surface area contributed by atoms with Gasteiger partial charge in [-0.3, -0.25) is 19.2 Å². The zero-order chi connectivity index (χ0) is 24.9. The standard InChI is InChI=1S/C24H27N3O7/c1-3-33-24(32)17-7-9-19(10-8-17)26-21(29)5-4-6-23(31)34-15-22(30)27-20-13-11-18(12-14-20)25-16(2)28/h7-14H,3-6,15H2,1-2H3,(H,25,28)(H,26,29)(H,27,30).